The molecular weight excluding hydrogens is 206 g/mol. The van der Waals surface area contributed by atoms with Gasteiger partial charge in [-0.2, -0.15) is 0 Å². The van der Waals surface area contributed by atoms with Crippen molar-refractivity contribution in [2.45, 2.75) is 18.8 Å². The van der Waals surface area contributed by atoms with Gasteiger partial charge in [-0.3, -0.25) is 4.79 Å². The number of fused-ring (bicyclic) bond motifs is 1. The Bertz CT molecular complexity index is 428. The number of hydrogen-bond acceptors (Lipinski definition) is 4. The summed E-state index contributed by atoms with van der Waals surface area (Å²) in [6.07, 6.45) is 0.310. The van der Waals surface area contributed by atoms with Crippen LogP contribution >= 0.6 is 0 Å². The van der Waals surface area contributed by atoms with Gasteiger partial charge in [-0.1, -0.05) is 12.1 Å². The molecule has 2 aliphatic rings. The van der Waals surface area contributed by atoms with Crippen LogP contribution in [0.5, 0.6) is 5.75 Å². The first-order chi connectivity index (χ1) is 7.72. The Morgan fingerprint density at radius 2 is 2.31 bits per heavy atom. The molecule has 4 nitrogen and oxygen atoms in total. The number of aldehydes is 1. The first-order valence-corrected chi connectivity index (χ1v) is 5.33. The molecule has 4 heteroatoms. The summed E-state index contributed by atoms with van der Waals surface area (Å²) >= 11 is 0. The van der Waals surface area contributed by atoms with E-state index in [9.17, 15) is 4.79 Å². The molecule has 1 fully saturated rings. The highest BCUT2D eigenvalue weighted by Crippen LogP contribution is 2.39. The van der Waals surface area contributed by atoms with Crippen molar-refractivity contribution in [3.05, 3.63) is 24.3 Å². The molecule has 0 N–H and O–H groups in total. The van der Waals surface area contributed by atoms with E-state index in [4.69, 9.17) is 9.47 Å². The summed E-state index contributed by atoms with van der Waals surface area (Å²) in [5.41, 5.74) is 0.846. The average molecular weight is 219 g/mol. The third kappa shape index (κ3) is 1.46. The topological polar surface area (TPSA) is 42.1 Å². The Kier molecular flexibility index (Phi) is 1.94. The molecule has 0 saturated carbocycles. The number of anilines is 1. The minimum absolute atomic E-state index is 0.123. The summed E-state index contributed by atoms with van der Waals surface area (Å²) in [4.78, 5) is 12.9. The SMILES string of the molecule is CC1(CN2c3ccccc3OC2C=O)CO1. The molecule has 2 aliphatic heterocycles. The van der Waals surface area contributed by atoms with Gasteiger partial charge in [-0.05, 0) is 19.1 Å². The van der Waals surface area contributed by atoms with Crippen molar-refractivity contribution in [2.24, 2.45) is 0 Å². The van der Waals surface area contributed by atoms with Crippen LogP contribution in [0.15, 0.2) is 24.3 Å². The zero-order chi connectivity index (χ0) is 11.2. The average Bonchev–Trinajstić information content (AvgIpc) is 2.91. The van der Waals surface area contributed by atoms with Crippen molar-refractivity contribution in [2.75, 3.05) is 18.1 Å². The van der Waals surface area contributed by atoms with Gasteiger partial charge in [-0.15, -0.1) is 0 Å². The fourth-order valence-electron chi connectivity index (χ4n) is 1.98. The van der Waals surface area contributed by atoms with E-state index in [2.05, 4.69) is 0 Å². The maximum atomic E-state index is 11.0. The molecule has 16 heavy (non-hydrogen) atoms. The molecule has 2 heterocycles. The number of benzene rings is 1. The summed E-state index contributed by atoms with van der Waals surface area (Å²) < 4.78 is 10.9. The van der Waals surface area contributed by atoms with Gasteiger partial charge in [0.15, 0.2) is 6.29 Å². The number of rotatable bonds is 3. The van der Waals surface area contributed by atoms with Gasteiger partial charge in [0.05, 0.1) is 18.8 Å². The minimum Gasteiger partial charge on any atom is -0.461 e. The van der Waals surface area contributed by atoms with Crippen LogP contribution in [0.25, 0.3) is 0 Å². The molecule has 0 radical (unpaired) electrons. The van der Waals surface area contributed by atoms with Crippen molar-refractivity contribution in [3.63, 3.8) is 0 Å². The Balaban J connectivity index is 1.91. The zero-order valence-corrected chi connectivity index (χ0v) is 9.05. The molecule has 0 spiro atoms. The number of epoxide rings is 1. The fraction of sp³-hybridized carbons (Fsp3) is 0.417. The molecule has 3 rings (SSSR count). The highest BCUT2D eigenvalue weighted by atomic mass is 16.6. The van der Waals surface area contributed by atoms with Crippen LogP contribution in [-0.4, -0.2) is 31.3 Å². The van der Waals surface area contributed by atoms with Crippen molar-refractivity contribution in [3.8, 4) is 5.75 Å². The molecule has 2 unspecified atom stereocenters. The third-order valence-corrected chi connectivity index (χ3v) is 2.99. The van der Waals surface area contributed by atoms with E-state index < -0.39 is 6.23 Å². The van der Waals surface area contributed by atoms with E-state index >= 15 is 0 Å². The molecule has 0 aromatic heterocycles. The lowest BCUT2D eigenvalue weighted by Gasteiger charge is -2.23. The van der Waals surface area contributed by atoms with Crippen LogP contribution in [-0.2, 0) is 9.53 Å². The molecule has 0 aliphatic carbocycles. The Morgan fingerprint density at radius 3 is 3.00 bits per heavy atom. The number of para-hydroxylation sites is 2. The lowest BCUT2D eigenvalue weighted by Crippen LogP contribution is -2.41. The zero-order valence-electron chi connectivity index (χ0n) is 9.05. The molecule has 84 valence electrons. The molecule has 2 atom stereocenters. The number of ether oxygens (including phenoxy) is 2. The van der Waals surface area contributed by atoms with Crippen LogP contribution in [0, 0.1) is 0 Å². The maximum Gasteiger partial charge on any atom is 0.229 e. The van der Waals surface area contributed by atoms with Gasteiger partial charge in [0.2, 0.25) is 6.23 Å². The molecule has 1 aromatic carbocycles. The van der Waals surface area contributed by atoms with E-state index in [1.165, 1.54) is 0 Å². The summed E-state index contributed by atoms with van der Waals surface area (Å²) in [5.74, 6) is 0.767. The number of nitrogens with zero attached hydrogens (tertiary/aromatic N) is 1. The smallest absolute Gasteiger partial charge is 0.229 e. The quantitative estimate of drug-likeness (QED) is 0.566. The second-order valence-electron chi connectivity index (χ2n) is 4.48. The molecule has 0 bridgehead atoms. The van der Waals surface area contributed by atoms with E-state index in [0.29, 0.717) is 6.54 Å². The van der Waals surface area contributed by atoms with Crippen LogP contribution in [0.2, 0.25) is 0 Å². The molecule has 0 amide bonds. The first-order valence-electron chi connectivity index (χ1n) is 5.33. The third-order valence-electron chi connectivity index (χ3n) is 2.99. The van der Waals surface area contributed by atoms with Crippen molar-refractivity contribution in [1.29, 1.82) is 0 Å². The van der Waals surface area contributed by atoms with Crippen LogP contribution in [0.4, 0.5) is 5.69 Å². The number of carbonyl (C=O) groups is 1. The Morgan fingerprint density at radius 1 is 1.56 bits per heavy atom. The molecule has 1 aromatic rings. The van der Waals surface area contributed by atoms with Gasteiger partial charge < -0.3 is 14.4 Å². The highest BCUT2D eigenvalue weighted by Gasteiger charge is 2.44. The standard InChI is InChI=1S/C12H13NO3/c1-12(8-15-12)7-13-9-4-2-3-5-10(9)16-11(13)6-14/h2-6,11H,7-8H2,1H3. The maximum absolute atomic E-state index is 11.0. The first kappa shape index (κ1) is 9.66. The van der Waals surface area contributed by atoms with Gasteiger partial charge in [0.1, 0.15) is 11.4 Å². The van der Waals surface area contributed by atoms with Crippen molar-refractivity contribution >= 4 is 12.0 Å². The van der Waals surface area contributed by atoms with E-state index in [-0.39, 0.29) is 5.60 Å². The molecule has 1 saturated heterocycles. The monoisotopic (exact) mass is 219 g/mol. The van der Waals surface area contributed by atoms with Gasteiger partial charge in [0, 0.05) is 0 Å². The van der Waals surface area contributed by atoms with Gasteiger partial charge >= 0.3 is 0 Å². The van der Waals surface area contributed by atoms with Crippen molar-refractivity contribution < 1.29 is 14.3 Å². The summed E-state index contributed by atoms with van der Waals surface area (Å²) in [6, 6.07) is 7.69. The number of hydrogen-bond donors (Lipinski definition) is 0. The largest absolute Gasteiger partial charge is 0.461 e. The summed E-state index contributed by atoms with van der Waals surface area (Å²) in [7, 11) is 0. The Labute approximate surface area is 93.8 Å². The second kappa shape index (κ2) is 3.22. The number of carbonyl (C=O) groups excluding carboxylic acids is 1. The highest BCUT2D eigenvalue weighted by molar-refractivity contribution is 5.73. The second-order valence-corrected chi connectivity index (χ2v) is 4.48. The van der Waals surface area contributed by atoms with E-state index in [1.807, 2.05) is 36.1 Å². The lowest BCUT2D eigenvalue weighted by molar-refractivity contribution is -0.113. The summed E-state index contributed by atoms with van der Waals surface area (Å²) in [5, 5.41) is 0. The van der Waals surface area contributed by atoms with Gasteiger partial charge in [-0.25, -0.2) is 0 Å². The van der Waals surface area contributed by atoms with Crippen LogP contribution in [0.1, 0.15) is 6.92 Å². The van der Waals surface area contributed by atoms with E-state index in [0.717, 1.165) is 24.3 Å². The van der Waals surface area contributed by atoms with Crippen LogP contribution in [0.3, 0.4) is 0 Å². The van der Waals surface area contributed by atoms with Crippen LogP contribution < -0.4 is 9.64 Å². The van der Waals surface area contributed by atoms with E-state index in [1.54, 1.807) is 0 Å². The van der Waals surface area contributed by atoms with Gasteiger partial charge in [0.25, 0.3) is 0 Å². The predicted molar refractivity (Wildman–Crippen MR) is 58.6 cm³/mol. The summed E-state index contributed by atoms with van der Waals surface area (Å²) in [6.45, 7) is 3.47. The normalized spacial score (nSPS) is 30.8. The minimum atomic E-state index is -0.515. The fourth-order valence-corrected chi connectivity index (χ4v) is 1.98. The molecular formula is C12H13NO3. The Hall–Kier alpha value is -1.55. The van der Waals surface area contributed by atoms with Crippen molar-refractivity contribution in [1.82, 2.24) is 0 Å². The lowest BCUT2D eigenvalue weighted by atomic mass is 10.1. The predicted octanol–water partition coefficient (Wildman–Crippen LogP) is 1.20.